The molecule has 1 aromatic carbocycles. The van der Waals surface area contributed by atoms with Crippen LogP contribution in [0.25, 0.3) is 0 Å². The molecular formula is C18H26ClN3O3. The summed E-state index contributed by atoms with van der Waals surface area (Å²) in [5.41, 5.74) is 1.01. The first-order valence-electron chi connectivity index (χ1n) is 8.45. The molecule has 2 fully saturated rings. The minimum Gasteiger partial charge on any atom is -0.484 e. The Morgan fingerprint density at radius 2 is 1.88 bits per heavy atom. The molecule has 6 nitrogen and oxygen atoms in total. The highest BCUT2D eigenvalue weighted by Gasteiger charge is 2.57. The molecule has 2 N–H and O–H groups in total. The van der Waals surface area contributed by atoms with E-state index in [1.165, 1.54) is 4.90 Å². The zero-order valence-corrected chi connectivity index (χ0v) is 15.5. The lowest BCUT2D eigenvalue weighted by Gasteiger charge is -2.23. The average Bonchev–Trinajstić information content (AvgIpc) is 3.27. The Hall–Kier alpha value is -1.79. The van der Waals surface area contributed by atoms with Crippen molar-refractivity contribution in [2.45, 2.75) is 19.3 Å². The van der Waals surface area contributed by atoms with Gasteiger partial charge in [0.05, 0.1) is 0 Å². The molecule has 1 aromatic rings. The summed E-state index contributed by atoms with van der Waals surface area (Å²) in [5.74, 6) is 0.791. The first kappa shape index (κ1) is 19.5. The highest BCUT2D eigenvalue weighted by atomic mass is 35.5. The van der Waals surface area contributed by atoms with Gasteiger partial charge in [0.15, 0.2) is 6.61 Å². The second kappa shape index (κ2) is 8.06. The van der Waals surface area contributed by atoms with Gasteiger partial charge in [0, 0.05) is 25.7 Å². The number of carbonyl (C=O) groups is 2. The number of likely N-dealkylation sites (N-methyl/N-ethyl adjacent to an activating group) is 1. The molecule has 1 atom stereocenters. The SMILES string of the molecule is CN(C)C(=O)COc1ccc(NC(=O)C2CC23CCNCC3)cc1.Cl. The van der Waals surface area contributed by atoms with E-state index in [4.69, 9.17) is 4.74 Å². The Labute approximate surface area is 154 Å². The first-order valence-corrected chi connectivity index (χ1v) is 8.45. The molecule has 0 bridgehead atoms. The predicted molar refractivity (Wildman–Crippen MR) is 99.2 cm³/mol. The molecule has 7 heteroatoms. The van der Waals surface area contributed by atoms with Crippen LogP contribution in [0.4, 0.5) is 5.69 Å². The van der Waals surface area contributed by atoms with E-state index < -0.39 is 0 Å². The zero-order chi connectivity index (χ0) is 17.2. The highest BCUT2D eigenvalue weighted by molar-refractivity contribution is 5.95. The normalized spacial score (nSPS) is 20.3. The number of halogens is 1. The molecule has 1 heterocycles. The van der Waals surface area contributed by atoms with Crippen molar-refractivity contribution in [3.05, 3.63) is 24.3 Å². The van der Waals surface area contributed by atoms with Gasteiger partial charge < -0.3 is 20.3 Å². The van der Waals surface area contributed by atoms with Crippen molar-refractivity contribution in [2.24, 2.45) is 11.3 Å². The molecule has 0 radical (unpaired) electrons. The molecule has 0 aromatic heterocycles. The van der Waals surface area contributed by atoms with Gasteiger partial charge in [-0.1, -0.05) is 0 Å². The van der Waals surface area contributed by atoms with E-state index in [1.807, 2.05) is 12.1 Å². The summed E-state index contributed by atoms with van der Waals surface area (Å²) in [6.07, 6.45) is 3.20. The van der Waals surface area contributed by atoms with Crippen LogP contribution in [0.1, 0.15) is 19.3 Å². The number of ether oxygens (including phenoxy) is 1. The number of hydrogen-bond donors (Lipinski definition) is 2. The van der Waals surface area contributed by atoms with Crippen LogP contribution in [0.15, 0.2) is 24.3 Å². The number of benzene rings is 1. The van der Waals surface area contributed by atoms with Gasteiger partial charge in [-0.2, -0.15) is 0 Å². The van der Waals surface area contributed by atoms with E-state index in [0.29, 0.717) is 5.75 Å². The van der Waals surface area contributed by atoms with Crippen molar-refractivity contribution in [3.63, 3.8) is 0 Å². The molecule has 1 aliphatic heterocycles. The largest absolute Gasteiger partial charge is 0.484 e. The Bertz CT molecular complexity index is 612. The highest BCUT2D eigenvalue weighted by Crippen LogP contribution is 2.58. The Kier molecular flexibility index (Phi) is 6.30. The van der Waals surface area contributed by atoms with Crippen molar-refractivity contribution < 1.29 is 14.3 Å². The smallest absolute Gasteiger partial charge is 0.259 e. The van der Waals surface area contributed by atoms with E-state index in [9.17, 15) is 9.59 Å². The van der Waals surface area contributed by atoms with Crippen LogP contribution in [-0.4, -0.2) is 50.5 Å². The average molecular weight is 368 g/mol. The monoisotopic (exact) mass is 367 g/mol. The lowest BCUT2D eigenvalue weighted by Crippen LogP contribution is -2.31. The minimum atomic E-state index is -0.0895. The number of piperidine rings is 1. The fourth-order valence-corrected chi connectivity index (χ4v) is 3.33. The van der Waals surface area contributed by atoms with Gasteiger partial charge in [-0.05, 0) is 62.0 Å². The molecule has 1 unspecified atom stereocenters. The Morgan fingerprint density at radius 1 is 1.24 bits per heavy atom. The van der Waals surface area contributed by atoms with E-state index >= 15 is 0 Å². The van der Waals surface area contributed by atoms with Gasteiger partial charge in [-0.15, -0.1) is 12.4 Å². The van der Waals surface area contributed by atoms with Gasteiger partial charge >= 0.3 is 0 Å². The lowest BCUT2D eigenvalue weighted by atomic mass is 9.92. The summed E-state index contributed by atoms with van der Waals surface area (Å²) in [5, 5.41) is 6.35. The number of hydrogen-bond acceptors (Lipinski definition) is 4. The van der Waals surface area contributed by atoms with Crippen LogP contribution in [0, 0.1) is 11.3 Å². The van der Waals surface area contributed by atoms with Crippen LogP contribution in [0.5, 0.6) is 5.75 Å². The zero-order valence-electron chi connectivity index (χ0n) is 14.7. The van der Waals surface area contributed by atoms with Gasteiger partial charge in [0.25, 0.3) is 5.91 Å². The van der Waals surface area contributed by atoms with Crippen LogP contribution >= 0.6 is 12.4 Å². The molecule has 25 heavy (non-hydrogen) atoms. The van der Waals surface area contributed by atoms with E-state index in [1.54, 1.807) is 26.2 Å². The number of amides is 2. The van der Waals surface area contributed by atoms with Crippen LogP contribution in [0.3, 0.4) is 0 Å². The summed E-state index contributed by atoms with van der Waals surface area (Å²) in [6.45, 7) is 2.04. The van der Waals surface area contributed by atoms with Crippen LogP contribution in [0.2, 0.25) is 0 Å². The maximum absolute atomic E-state index is 12.4. The third-order valence-corrected chi connectivity index (χ3v) is 5.09. The van der Waals surface area contributed by atoms with Crippen molar-refractivity contribution >= 4 is 29.9 Å². The number of nitrogens with zero attached hydrogens (tertiary/aromatic N) is 1. The summed E-state index contributed by atoms with van der Waals surface area (Å²) in [7, 11) is 3.38. The number of anilines is 1. The summed E-state index contributed by atoms with van der Waals surface area (Å²) < 4.78 is 5.43. The van der Waals surface area contributed by atoms with Crippen molar-refractivity contribution in [1.82, 2.24) is 10.2 Å². The maximum Gasteiger partial charge on any atom is 0.259 e. The van der Waals surface area contributed by atoms with Crippen molar-refractivity contribution in [1.29, 1.82) is 0 Å². The fourth-order valence-electron chi connectivity index (χ4n) is 3.33. The third-order valence-electron chi connectivity index (χ3n) is 5.09. The van der Waals surface area contributed by atoms with Crippen LogP contribution < -0.4 is 15.4 Å². The van der Waals surface area contributed by atoms with E-state index in [0.717, 1.165) is 38.0 Å². The minimum absolute atomic E-state index is 0. The Balaban J connectivity index is 0.00000225. The van der Waals surface area contributed by atoms with Crippen molar-refractivity contribution in [2.75, 3.05) is 39.1 Å². The molecule has 1 aliphatic carbocycles. The summed E-state index contributed by atoms with van der Waals surface area (Å²) in [6, 6.07) is 7.16. The number of nitrogens with one attached hydrogen (secondary N) is 2. The molecule has 2 amide bonds. The Morgan fingerprint density at radius 3 is 2.48 bits per heavy atom. The first-order chi connectivity index (χ1) is 11.5. The predicted octanol–water partition coefficient (Wildman–Crippen LogP) is 1.90. The van der Waals surface area contributed by atoms with E-state index in [-0.39, 0.29) is 42.2 Å². The fraction of sp³-hybridized carbons (Fsp3) is 0.556. The molecule has 2 aliphatic rings. The molecule has 3 rings (SSSR count). The maximum atomic E-state index is 12.4. The van der Waals surface area contributed by atoms with Crippen molar-refractivity contribution in [3.8, 4) is 5.75 Å². The lowest BCUT2D eigenvalue weighted by molar-refractivity contribution is -0.130. The summed E-state index contributed by atoms with van der Waals surface area (Å²) in [4.78, 5) is 25.4. The number of carbonyl (C=O) groups excluding carboxylic acids is 2. The quantitative estimate of drug-likeness (QED) is 0.834. The van der Waals surface area contributed by atoms with Gasteiger partial charge in [-0.25, -0.2) is 0 Å². The van der Waals surface area contributed by atoms with Crippen LogP contribution in [-0.2, 0) is 9.59 Å². The second-order valence-electron chi connectivity index (χ2n) is 6.96. The summed E-state index contributed by atoms with van der Waals surface area (Å²) >= 11 is 0. The van der Waals surface area contributed by atoms with Gasteiger partial charge in [0.1, 0.15) is 5.75 Å². The van der Waals surface area contributed by atoms with Gasteiger partial charge in [-0.3, -0.25) is 9.59 Å². The second-order valence-corrected chi connectivity index (χ2v) is 6.96. The van der Waals surface area contributed by atoms with E-state index in [2.05, 4.69) is 10.6 Å². The molecule has 1 spiro atoms. The van der Waals surface area contributed by atoms with Gasteiger partial charge in [0.2, 0.25) is 5.91 Å². The molecule has 1 saturated heterocycles. The molecular weight excluding hydrogens is 342 g/mol. The molecule has 138 valence electrons. The third kappa shape index (κ3) is 4.64. The standard InChI is InChI=1S/C18H25N3O3.ClH/c1-21(2)16(22)12-24-14-5-3-13(4-6-14)20-17(23)15-11-18(15)7-9-19-10-8-18;/h3-6,15,19H,7-12H2,1-2H3,(H,20,23);1H. The number of rotatable bonds is 5. The topological polar surface area (TPSA) is 70.7 Å². The molecule has 1 saturated carbocycles.